The van der Waals surface area contributed by atoms with E-state index in [0.29, 0.717) is 17.3 Å². The Bertz CT molecular complexity index is 414. The lowest BCUT2D eigenvalue weighted by Gasteiger charge is -2.13. The van der Waals surface area contributed by atoms with Crippen molar-refractivity contribution in [1.29, 1.82) is 0 Å². The number of nitrogen functional groups attached to an aromatic ring is 1. The molecular weight excluding hydrogens is 252 g/mol. The normalized spacial score (nSPS) is 11.9. The second-order valence-corrected chi connectivity index (χ2v) is 5.02. The number of nitro benzene ring substituents is 1. The summed E-state index contributed by atoms with van der Waals surface area (Å²) in [6.45, 7) is 2.90. The Morgan fingerprint density at radius 2 is 2.11 bits per heavy atom. The topological polar surface area (TPSA) is 93.2 Å². The maximum Gasteiger partial charge on any atom is 0.273 e. The van der Waals surface area contributed by atoms with Gasteiger partial charge in [0.15, 0.2) is 0 Å². The zero-order chi connectivity index (χ0) is 13.5. The first-order valence-electron chi connectivity index (χ1n) is 5.55. The first-order valence-corrected chi connectivity index (χ1v) is 6.95. The summed E-state index contributed by atoms with van der Waals surface area (Å²) in [7, 11) is 0. The van der Waals surface area contributed by atoms with Gasteiger partial charge in [-0.15, -0.1) is 0 Å². The zero-order valence-electron chi connectivity index (χ0n) is 10.5. The molecule has 0 bridgehead atoms. The number of hydrazine groups is 1. The van der Waals surface area contributed by atoms with Gasteiger partial charge in [0.1, 0.15) is 0 Å². The van der Waals surface area contributed by atoms with Crippen LogP contribution in [0.25, 0.3) is 0 Å². The number of nitro groups is 1. The molecule has 0 fully saturated rings. The van der Waals surface area contributed by atoms with Crippen molar-refractivity contribution in [3.63, 3.8) is 0 Å². The van der Waals surface area contributed by atoms with Gasteiger partial charge in [-0.3, -0.25) is 16.0 Å². The molecule has 1 aromatic carbocycles. The maximum atomic E-state index is 10.8. The highest BCUT2D eigenvalue weighted by Crippen LogP contribution is 2.24. The van der Waals surface area contributed by atoms with Crippen molar-refractivity contribution >= 4 is 28.8 Å². The lowest BCUT2D eigenvalue weighted by atomic mass is 10.2. The number of nitrogens with one attached hydrogen (secondary N) is 2. The number of nitrogens with two attached hydrogens (primary N) is 1. The Hall–Kier alpha value is -1.47. The molecule has 6 nitrogen and oxygen atoms in total. The monoisotopic (exact) mass is 270 g/mol. The fraction of sp³-hybridized carbons (Fsp3) is 0.455. The molecule has 0 saturated heterocycles. The van der Waals surface area contributed by atoms with Crippen LogP contribution in [0, 0.1) is 16.0 Å². The molecule has 4 N–H and O–H groups in total. The molecule has 0 aliphatic heterocycles. The van der Waals surface area contributed by atoms with Gasteiger partial charge in [-0.25, -0.2) is 0 Å². The lowest BCUT2D eigenvalue weighted by Crippen LogP contribution is -2.14. The predicted molar refractivity (Wildman–Crippen MR) is 76.9 cm³/mol. The summed E-state index contributed by atoms with van der Waals surface area (Å²) in [5.74, 6) is 6.83. The number of hydrogen-bond acceptors (Lipinski definition) is 6. The average Bonchev–Trinajstić information content (AvgIpc) is 2.36. The summed E-state index contributed by atoms with van der Waals surface area (Å²) >= 11 is 1.78. The van der Waals surface area contributed by atoms with Crippen molar-refractivity contribution in [2.24, 2.45) is 11.8 Å². The quantitative estimate of drug-likeness (QED) is 0.400. The van der Waals surface area contributed by atoms with Gasteiger partial charge in [0.25, 0.3) is 5.69 Å². The first-order chi connectivity index (χ1) is 8.56. The molecule has 0 aliphatic carbocycles. The minimum absolute atomic E-state index is 0.0190. The van der Waals surface area contributed by atoms with Crippen molar-refractivity contribution in [2.75, 3.05) is 29.3 Å². The third-order valence-electron chi connectivity index (χ3n) is 2.40. The van der Waals surface area contributed by atoms with E-state index >= 15 is 0 Å². The molecule has 1 atom stereocenters. The van der Waals surface area contributed by atoms with E-state index in [1.807, 2.05) is 0 Å². The molecule has 18 heavy (non-hydrogen) atoms. The van der Waals surface area contributed by atoms with E-state index in [1.165, 1.54) is 12.1 Å². The van der Waals surface area contributed by atoms with Gasteiger partial charge in [0, 0.05) is 24.4 Å². The highest BCUT2D eigenvalue weighted by Gasteiger charge is 2.10. The minimum Gasteiger partial charge on any atom is -0.384 e. The van der Waals surface area contributed by atoms with E-state index in [9.17, 15) is 10.1 Å². The largest absolute Gasteiger partial charge is 0.384 e. The SMILES string of the molecule is CSCC(C)CNc1cc(NN)cc([N+](=O)[O-])c1. The van der Waals surface area contributed by atoms with Crippen LogP contribution in [-0.2, 0) is 0 Å². The summed E-state index contributed by atoms with van der Waals surface area (Å²) in [6, 6.07) is 4.65. The summed E-state index contributed by atoms with van der Waals surface area (Å²) in [5.41, 5.74) is 3.66. The third-order valence-corrected chi connectivity index (χ3v) is 3.30. The minimum atomic E-state index is -0.433. The first kappa shape index (κ1) is 14.6. The molecule has 100 valence electrons. The molecule has 7 heteroatoms. The Kier molecular flexibility index (Phi) is 5.73. The highest BCUT2D eigenvalue weighted by atomic mass is 32.2. The van der Waals surface area contributed by atoms with Gasteiger partial charge in [-0.2, -0.15) is 11.8 Å². The fourth-order valence-electron chi connectivity index (χ4n) is 1.54. The van der Waals surface area contributed by atoms with Gasteiger partial charge < -0.3 is 10.7 Å². The van der Waals surface area contributed by atoms with Crippen LogP contribution in [-0.4, -0.2) is 23.5 Å². The molecule has 1 unspecified atom stereocenters. The van der Waals surface area contributed by atoms with Crippen molar-refractivity contribution < 1.29 is 4.92 Å². The van der Waals surface area contributed by atoms with Crippen molar-refractivity contribution in [1.82, 2.24) is 0 Å². The van der Waals surface area contributed by atoms with Gasteiger partial charge in [0.2, 0.25) is 0 Å². The van der Waals surface area contributed by atoms with E-state index in [4.69, 9.17) is 5.84 Å². The molecule has 0 spiro atoms. The Morgan fingerprint density at radius 3 is 2.67 bits per heavy atom. The van der Waals surface area contributed by atoms with Crippen molar-refractivity contribution in [3.8, 4) is 0 Å². The Balaban J connectivity index is 2.75. The van der Waals surface area contributed by atoms with Crippen LogP contribution in [0.4, 0.5) is 17.1 Å². The van der Waals surface area contributed by atoms with Crippen LogP contribution >= 0.6 is 11.8 Å². The Morgan fingerprint density at radius 1 is 1.44 bits per heavy atom. The van der Waals surface area contributed by atoms with Crippen molar-refractivity contribution in [2.45, 2.75) is 6.92 Å². The maximum absolute atomic E-state index is 10.8. The van der Waals surface area contributed by atoms with Gasteiger partial charge in [-0.05, 0) is 24.0 Å². The van der Waals surface area contributed by atoms with Crippen LogP contribution in [0.15, 0.2) is 18.2 Å². The van der Waals surface area contributed by atoms with Crippen LogP contribution in [0.1, 0.15) is 6.92 Å². The van der Waals surface area contributed by atoms with Crippen LogP contribution in [0.5, 0.6) is 0 Å². The average molecular weight is 270 g/mol. The molecule has 0 radical (unpaired) electrons. The fourth-order valence-corrected chi connectivity index (χ4v) is 2.22. The van der Waals surface area contributed by atoms with Gasteiger partial charge in [-0.1, -0.05) is 6.92 Å². The number of anilines is 2. The van der Waals surface area contributed by atoms with Crippen molar-refractivity contribution in [3.05, 3.63) is 28.3 Å². The predicted octanol–water partition coefficient (Wildman–Crippen LogP) is 2.29. The van der Waals surface area contributed by atoms with Gasteiger partial charge >= 0.3 is 0 Å². The number of benzene rings is 1. The molecule has 1 aromatic rings. The van der Waals surface area contributed by atoms with Gasteiger partial charge in [0.05, 0.1) is 10.6 Å². The number of nitrogens with zero attached hydrogens (tertiary/aromatic N) is 1. The van der Waals surface area contributed by atoms with Crippen LogP contribution < -0.4 is 16.6 Å². The van der Waals surface area contributed by atoms with E-state index in [2.05, 4.69) is 23.9 Å². The molecule has 0 aromatic heterocycles. The van der Waals surface area contributed by atoms with E-state index in [1.54, 1.807) is 17.8 Å². The number of hydrogen-bond donors (Lipinski definition) is 3. The third kappa shape index (κ3) is 4.42. The summed E-state index contributed by atoms with van der Waals surface area (Å²) < 4.78 is 0. The second kappa shape index (κ2) is 7.07. The molecule has 1 rings (SSSR count). The van der Waals surface area contributed by atoms with Crippen LogP contribution in [0.2, 0.25) is 0 Å². The summed E-state index contributed by atoms with van der Waals surface area (Å²) in [5, 5.41) is 14.0. The summed E-state index contributed by atoms with van der Waals surface area (Å²) in [4.78, 5) is 10.3. The van der Waals surface area contributed by atoms with Crippen LogP contribution in [0.3, 0.4) is 0 Å². The molecule has 0 heterocycles. The van der Waals surface area contributed by atoms with E-state index in [-0.39, 0.29) is 5.69 Å². The Labute approximate surface area is 110 Å². The lowest BCUT2D eigenvalue weighted by molar-refractivity contribution is -0.384. The molecular formula is C11H18N4O2S. The number of thioether (sulfide) groups is 1. The molecule has 0 amide bonds. The molecule has 0 saturated carbocycles. The summed E-state index contributed by atoms with van der Waals surface area (Å²) in [6.07, 6.45) is 2.06. The van der Waals surface area contributed by atoms with E-state index < -0.39 is 4.92 Å². The number of non-ortho nitro benzene ring substituents is 1. The smallest absolute Gasteiger partial charge is 0.273 e. The van der Waals surface area contributed by atoms with E-state index in [0.717, 1.165) is 12.3 Å². The highest BCUT2D eigenvalue weighted by molar-refractivity contribution is 7.98. The second-order valence-electron chi connectivity index (χ2n) is 4.11. The standard InChI is InChI=1S/C11H18N4O2S/c1-8(7-18-2)6-13-9-3-10(14-12)5-11(4-9)15(16)17/h3-5,8,13-14H,6-7,12H2,1-2H3. The zero-order valence-corrected chi connectivity index (χ0v) is 11.3. The number of rotatable bonds is 7. The molecule has 0 aliphatic rings.